The Morgan fingerprint density at radius 2 is 1.94 bits per heavy atom. The molecule has 0 unspecified atom stereocenters. The van der Waals surface area contributed by atoms with Gasteiger partial charge in [0.2, 0.25) is 0 Å². The number of hydrogen-bond donors (Lipinski definition) is 1. The maximum Gasteiger partial charge on any atom is 0.0599 e. The molecule has 1 fully saturated rings. The molecule has 0 aromatic rings. The van der Waals surface area contributed by atoms with Crippen molar-refractivity contribution in [3.63, 3.8) is 0 Å². The molecule has 3 heteroatoms. The first-order valence-electron chi connectivity index (χ1n) is 6.91. The molecule has 1 rings (SSSR count). The summed E-state index contributed by atoms with van der Waals surface area (Å²) in [5, 5.41) is 3.50. The van der Waals surface area contributed by atoms with Crippen LogP contribution < -0.4 is 5.32 Å². The van der Waals surface area contributed by atoms with Gasteiger partial charge >= 0.3 is 0 Å². The van der Waals surface area contributed by atoms with Gasteiger partial charge in [-0.25, -0.2) is 0 Å². The summed E-state index contributed by atoms with van der Waals surface area (Å²) < 4.78 is 5.65. The van der Waals surface area contributed by atoms with E-state index in [1.54, 1.807) is 0 Å². The summed E-state index contributed by atoms with van der Waals surface area (Å²) in [5.41, 5.74) is 0. The lowest BCUT2D eigenvalue weighted by Crippen LogP contribution is -2.40. The third-order valence-electron chi connectivity index (χ3n) is 3.25. The first-order valence-corrected chi connectivity index (χ1v) is 6.91. The van der Waals surface area contributed by atoms with E-state index in [1.807, 2.05) is 0 Å². The molecule has 0 bridgehead atoms. The molecule has 0 spiro atoms. The monoisotopic (exact) mass is 228 g/mol. The smallest absolute Gasteiger partial charge is 0.0599 e. The van der Waals surface area contributed by atoms with Gasteiger partial charge in [0.15, 0.2) is 0 Å². The zero-order valence-corrected chi connectivity index (χ0v) is 11.0. The minimum Gasteiger partial charge on any atom is -0.378 e. The van der Waals surface area contributed by atoms with Gasteiger partial charge in [0.1, 0.15) is 0 Å². The Bertz CT molecular complexity index is 156. The Hall–Kier alpha value is -0.120. The SMILES string of the molecule is CCCCNCCN1CCC(OCC)CC1. The summed E-state index contributed by atoms with van der Waals surface area (Å²) in [6.45, 7) is 11.1. The average Bonchev–Trinajstić information content (AvgIpc) is 2.31. The normalized spacial score (nSPS) is 19.1. The molecular formula is C13H28N2O. The second kappa shape index (κ2) is 8.97. The first-order chi connectivity index (χ1) is 7.86. The van der Waals surface area contributed by atoms with Crippen LogP contribution in [0.15, 0.2) is 0 Å². The van der Waals surface area contributed by atoms with E-state index < -0.39 is 0 Å². The highest BCUT2D eigenvalue weighted by Crippen LogP contribution is 2.12. The average molecular weight is 228 g/mol. The molecule has 96 valence electrons. The van der Waals surface area contributed by atoms with Crippen molar-refractivity contribution in [1.82, 2.24) is 10.2 Å². The largest absolute Gasteiger partial charge is 0.378 e. The summed E-state index contributed by atoms with van der Waals surface area (Å²) in [6.07, 6.45) is 5.53. The molecule has 0 radical (unpaired) electrons. The van der Waals surface area contributed by atoms with E-state index in [9.17, 15) is 0 Å². The van der Waals surface area contributed by atoms with Crippen LogP contribution in [0.3, 0.4) is 0 Å². The van der Waals surface area contributed by atoms with Gasteiger partial charge in [-0.1, -0.05) is 13.3 Å². The molecule has 1 saturated heterocycles. The summed E-state index contributed by atoms with van der Waals surface area (Å²) in [5.74, 6) is 0. The highest BCUT2D eigenvalue weighted by molar-refractivity contribution is 4.72. The van der Waals surface area contributed by atoms with E-state index in [0.29, 0.717) is 6.10 Å². The van der Waals surface area contributed by atoms with Crippen LogP contribution in [0.4, 0.5) is 0 Å². The zero-order chi connectivity index (χ0) is 11.6. The van der Waals surface area contributed by atoms with Crippen LogP contribution in [-0.4, -0.2) is 50.3 Å². The summed E-state index contributed by atoms with van der Waals surface area (Å²) in [6, 6.07) is 0. The van der Waals surface area contributed by atoms with Gasteiger partial charge < -0.3 is 15.0 Å². The second-order valence-electron chi connectivity index (χ2n) is 4.60. The molecule has 1 aliphatic heterocycles. The highest BCUT2D eigenvalue weighted by Gasteiger charge is 2.18. The Morgan fingerprint density at radius 1 is 1.19 bits per heavy atom. The van der Waals surface area contributed by atoms with E-state index in [0.717, 1.165) is 13.2 Å². The van der Waals surface area contributed by atoms with Crippen molar-refractivity contribution in [1.29, 1.82) is 0 Å². The highest BCUT2D eigenvalue weighted by atomic mass is 16.5. The standard InChI is InChI=1S/C13H28N2O/c1-3-5-8-14-9-12-15-10-6-13(7-11-15)16-4-2/h13-14H,3-12H2,1-2H3. The van der Waals surface area contributed by atoms with Gasteiger partial charge in [0.05, 0.1) is 6.10 Å². The number of ether oxygens (including phenoxy) is 1. The fourth-order valence-electron chi connectivity index (χ4n) is 2.20. The van der Waals surface area contributed by atoms with Crippen LogP contribution >= 0.6 is 0 Å². The minimum absolute atomic E-state index is 0.523. The molecule has 3 nitrogen and oxygen atoms in total. The van der Waals surface area contributed by atoms with Crippen molar-refractivity contribution in [3.05, 3.63) is 0 Å². The number of piperidine rings is 1. The van der Waals surface area contributed by atoms with Crippen molar-refractivity contribution < 1.29 is 4.74 Å². The fraction of sp³-hybridized carbons (Fsp3) is 1.00. The molecule has 0 saturated carbocycles. The molecule has 1 aliphatic rings. The van der Waals surface area contributed by atoms with Gasteiger partial charge in [-0.2, -0.15) is 0 Å². The lowest BCUT2D eigenvalue weighted by Gasteiger charge is -2.31. The number of rotatable bonds is 8. The zero-order valence-electron chi connectivity index (χ0n) is 11.0. The van der Waals surface area contributed by atoms with E-state index in [4.69, 9.17) is 4.74 Å². The molecule has 0 aromatic heterocycles. The van der Waals surface area contributed by atoms with Gasteiger partial charge in [-0.15, -0.1) is 0 Å². The maximum absolute atomic E-state index is 5.65. The van der Waals surface area contributed by atoms with E-state index in [1.165, 1.54) is 51.9 Å². The van der Waals surface area contributed by atoms with E-state index in [2.05, 4.69) is 24.1 Å². The quantitative estimate of drug-likeness (QED) is 0.642. The molecule has 0 atom stereocenters. The topological polar surface area (TPSA) is 24.5 Å². The van der Waals surface area contributed by atoms with Crippen LogP contribution in [0.2, 0.25) is 0 Å². The van der Waals surface area contributed by atoms with Gasteiger partial charge in [0.25, 0.3) is 0 Å². The van der Waals surface area contributed by atoms with E-state index in [-0.39, 0.29) is 0 Å². The van der Waals surface area contributed by atoms with Crippen LogP contribution in [-0.2, 0) is 4.74 Å². The maximum atomic E-state index is 5.65. The molecule has 1 N–H and O–H groups in total. The molecule has 1 heterocycles. The van der Waals surface area contributed by atoms with E-state index >= 15 is 0 Å². The van der Waals surface area contributed by atoms with Crippen molar-refractivity contribution >= 4 is 0 Å². The number of nitrogens with zero attached hydrogens (tertiary/aromatic N) is 1. The molecule has 0 aromatic carbocycles. The Labute approximate surface area is 101 Å². The van der Waals surface area contributed by atoms with Crippen molar-refractivity contribution in [3.8, 4) is 0 Å². The Morgan fingerprint density at radius 3 is 2.56 bits per heavy atom. The molecule has 16 heavy (non-hydrogen) atoms. The third kappa shape index (κ3) is 5.83. The number of nitrogens with one attached hydrogen (secondary N) is 1. The molecular weight excluding hydrogens is 200 g/mol. The van der Waals surface area contributed by atoms with Gasteiger partial charge in [0, 0.05) is 32.8 Å². The van der Waals surface area contributed by atoms with Crippen LogP contribution in [0.5, 0.6) is 0 Å². The van der Waals surface area contributed by atoms with Crippen LogP contribution in [0.1, 0.15) is 39.5 Å². The Balaban J connectivity index is 1.95. The van der Waals surface area contributed by atoms with Crippen molar-refractivity contribution in [2.45, 2.75) is 45.6 Å². The second-order valence-corrected chi connectivity index (χ2v) is 4.60. The van der Waals surface area contributed by atoms with Crippen LogP contribution in [0, 0.1) is 0 Å². The molecule has 0 aliphatic carbocycles. The number of hydrogen-bond acceptors (Lipinski definition) is 3. The predicted octanol–water partition coefficient (Wildman–Crippen LogP) is 1.88. The molecule has 0 amide bonds. The van der Waals surface area contributed by atoms with Crippen molar-refractivity contribution in [2.75, 3.05) is 39.3 Å². The fourth-order valence-corrected chi connectivity index (χ4v) is 2.20. The third-order valence-corrected chi connectivity index (χ3v) is 3.25. The summed E-state index contributed by atoms with van der Waals surface area (Å²) in [7, 11) is 0. The minimum atomic E-state index is 0.523. The Kier molecular flexibility index (Phi) is 7.81. The lowest BCUT2D eigenvalue weighted by atomic mass is 10.1. The lowest BCUT2D eigenvalue weighted by molar-refractivity contribution is 0.0146. The van der Waals surface area contributed by atoms with Gasteiger partial charge in [-0.05, 0) is 32.7 Å². The summed E-state index contributed by atoms with van der Waals surface area (Å²) in [4.78, 5) is 2.55. The number of likely N-dealkylation sites (tertiary alicyclic amines) is 1. The first kappa shape index (κ1) is 13.9. The van der Waals surface area contributed by atoms with Crippen molar-refractivity contribution in [2.24, 2.45) is 0 Å². The van der Waals surface area contributed by atoms with Gasteiger partial charge in [-0.3, -0.25) is 0 Å². The van der Waals surface area contributed by atoms with Crippen LogP contribution in [0.25, 0.3) is 0 Å². The number of unbranched alkanes of at least 4 members (excludes halogenated alkanes) is 1. The predicted molar refractivity (Wildman–Crippen MR) is 68.9 cm³/mol. The summed E-state index contributed by atoms with van der Waals surface area (Å²) >= 11 is 0.